The molecule has 0 spiro atoms. The first-order valence-electron chi connectivity index (χ1n) is 4.83. The highest BCUT2D eigenvalue weighted by atomic mass is 32.2. The van der Waals surface area contributed by atoms with Crippen molar-refractivity contribution in [3.63, 3.8) is 0 Å². The topological polar surface area (TPSA) is 80.4 Å². The van der Waals surface area contributed by atoms with Gasteiger partial charge in [0.05, 0.1) is 4.90 Å². The lowest BCUT2D eigenvalue weighted by molar-refractivity contribution is 0.483. The fourth-order valence-corrected chi connectivity index (χ4v) is 1.37. The lowest BCUT2D eigenvalue weighted by Crippen LogP contribution is -1.97. The van der Waals surface area contributed by atoms with Gasteiger partial charge in [-0.25, -0.2) is 0 Å². The number of nitrogen functional groups attached to an aromatic ring is 1. The summed E-state index contributed by atoms with van der Waals surface area (Å²) in [6.45, 7) is 0. The van der Waals surface area contributed by atoms with E-state index in [0.717, 1.165) is 0 Å². The van der Waals surface area contributed by atoms with Crippen LogP contribution in [0.15, 0.2) is 29.2 Å². The maximum Gasteiger partial charge on any atom is 0.294 e. The van der Waals surface area contributed by atoms with Crippen molar-refractivity contribution in [3.05, 3.63) is 24.3 Å². The SMILES string of the molecule is C1CCC1.Nc1ccc(S(=O)(=O)O)cc1.P. The zero-order valence-corrected chi connectivity index (χ0v) is 11.3. The number of benzene rings is 1. The van der Waals surface area contributed by atoms with Crippen LogP contribution in [0.3, 0.4) is 0 Å². The van der Waals surface area contributed by atoms with Gasteiger partial charge in [-0.2, -0.15) is 18.3 Å². The maximum absolute atomic E-state index is 10.5. The quantitative estimate of drug-likeness (QED) is 0.462. The first-order chi connectivity index (χ1) is 7.00. The van der Waals surface area contributed by atoms with Crippen LogP contribution in [0.5, 0.6) is 0 Å². The minimum atomic E-state index is -4.08. The molecule has 0 radical (unpaired) electrons. The predicted octanol–water partition coefficient (Wildman–Crippen LogP) is 2.13. The van der Waals surface area contributed by atoms with Crippen molar-refractivity contribution in [3.8, 4) is 0 Å². The second-order valence-corrected chi connectivity index (χ2v) is 4.88. The van der Waals surface area contributed by atoms with Gasteiger partial charge in [0.15, 0.2) is 0 Å². The van der Waals surface area contributed by atoms with Gasteiger partial charge in [-0.3, -0.25) is 4.55 Å². The largest absolute Gasteiger partial charge is 0.399 e. The van der Waals surface area contributed by atoms with Crippen molar-refractivity contribution in [2.24, 2.45) is 0 Å². The van der Waals surface area contributed by atoms with E-state index in [9.17, 15) is 8.42 Å². The monoisotopic (exact) mass is 263 g/mol. The van der Waals surface area contributed by atoms with E-state index in [4.69, 9.17) is 10.3 Å². The van der Waals surface area contributed by atoms with E-state index in [2.05, 4.69) is 0 Å². The average Bonchev–Trinajstić information content (AvgIpc) is 1.99. The van der Waals surface area contributed by atoms with E-state index in [1.165, 1.54) is 49.9 Å². The minimum absolute atomic E-state index is 0. The molecule has 0 aliphatic heterocycles. The molecule has 1 atom stereocenters. The molecule has 4 nitrogen and oxygen atoms in total. The third-order valence-electron chi connectivity index (χ3n) is 2.18. The molecular weight excluding hydrogens is 245 g/mol. The van der Waals surface area contributed by atoms with E-state index in [0.29, 0.717) is 5.69 Å². The van der Waals surface area contributed by atoms with Crippen molar-refractivity contribution in [1.29, 1.82) is 0 Å². The molecule has 1 saturated carbocycles. The van der Waals surface area contributed by atoms with Crippen LogP contribution in [-0.2, 0) is 10.1 Å². The molecule has 1 fully saturated rings. The third kappa shape index (κ3) is 5.45. The molecule has 3 N–H and O–H groups in total. The van der Waals surface area contributed by atoms with Crippen molar-refractivity contribution in [2.75, 3.05) is 5.73 Å². The van der Waals surface area contributed by atoms with Gasteiger partial charge in [0.1, 0.15) is 0 Å². The molecule has 1 aliphatic rings. The summed E-state index contributed by atoms with van der Waals surface area (Å²) in [4.78, 5) is -0.147. The van der Waals surface area contributed by atoms with Gasteiger partial charge in [-0.15, -0.1) is 0 Å². The highest BCUT2D eigenvalue weighted by Gasteiger charge is 2.06. The molecule has 0 saturated heterocycles. The molecule has 16 heavy (non-hydrogen) atoms. The fourth-order valence-electron chi connectivity index (χ4n) is 0.890. The van der Waals surface area contributed by atoms with E-state index in [-0.39, 0.29) is 14.8 Å². The number of hydrogen-bond donors (Lipinski definition) is 2. The predicted molar refractivity (Wildman–Crippen MR) is 70.2 cm³/mol. The third-order valence-corrected chi connectivity index (χ3v) is 3.05. The molecule has 0 aromatic heterocycles. The molecule has 1 unspecified atom stereocenters. The van der Waals surface area contributed by atoms with Crippen LogP contribution in [0.2, 0.25) is 0 Å². The van der Waals surface area contributed by atoms with Crippen LogP contribution < -0.4 is 5.73 Å². The lowest BCUT2D eigenvalue weighted by Gasteiger charge is -2.05. The lowest BCUT2D eigenvalue weighted by atomic mass is 10.0. The molecule has 0 heterocycles. The Balaban J connectivity index is 0.000000380. The highest BCUT2D eigenvalue weighted by molar-refractivity contribution is 7.85. The molecule has 0 bridgehead atoms. The summed E-state index contributed by atoms with van der Waals surface area (Å²) < 4.78 is 29.4. The van der Waals surface area contributed by atoms with Crippen molar-refractivity contribution in [2.45, 2.75) is 30.6 Å². The van der Waals surface area contributed by atoms with Crippen molar-refractivity contribution < 1.29 is 13.0 Å². The summed E-state index contributed by atoms with van der Waals surface area (Å²) in [7, 11) is -4.08. The normalized spacial score (nSPS) is 13.8. The Morgan fingerprint density at radius 3 is 1.62 bits per heavy atom. The van der Waals surface area contributed by atoms with E-state index in [1.807, 2.05) is 0 Å². The first kappa shape index (κ1) is 15.4. The highest BCUT2D eigenvalue weighted by Crippen LogP contribution is 2.15. The van der Waals surface area contributed by atoms with Crippen molar-refractivity contribution in [1.82, 2.24) is 0 Å². The second-order valence-electron chi connectivity index (χ2n) is 3.46. The summed E-state index contributed by atoms with van der Waals surface area (Å²) in [5.74, 6) is 0. The summed E-state index contributed by atoms with van der Waals surface area (Å²) in [6, 6.07) is 5.29. The molecule has 92 valence electrons. The van der Waals surface area contributed by atoms with Crippen LogP contribution in [0.4, 0.5) is 5.69 Å². The Morgan fingerprint density at radius 2 is 1.38 bits per heavy atom. The molecule has 1 aromatic carbocycles. The smallest absolute Gasteiger partial charge is 0.294 e. The Kier molecular flexibility index (Phi) is 6.56. The molecule has 0 amide bonds. The van der Waals surface area contributed by atoms with Crippen molar-refractivity contribution >= 4 is 25.7 Å². The minimum Gasteiger partial charge on any atom is -0.399 e. The van der Waals surface area contributed by atoms with Crippen LogP contribution in [0.25, 0.3) is 0 Å². The summed E-state index contributed by atoms with van der Waals surface area (Å²) >= 11 is 0. The Hall–Kier alpha value is -0.640. The van der Waals surface area contributed by atoms with E-state index >= 15 is 0 Å². The van der Waals surface area contributed by atoms with E-state index in [1.54, 1.807) is 0 Å². The molecule has 1 aliphatic carbocycles. The second kappa shape index (κ2) is 6.84. The van der Waals surface area contributed by atoms with Crippen LogP contribution in [0.1, 0.15) is 25.7 Å². The Labute approximate surface area is 99.6 Å². The van der Waals surface area contributed by atoms with Crippen LogP contribution in [0, 0.1) is 0 Å². The Bertz CT molecular complexity index is 395. The van der Waals surface area contributed by atoms with Gasteiger partial charge < -0.3 is 5.73 Å². The summed E-state index contributed by atoms with van der Waals surface area (Å²) in [5.41, 5.74) is 5.75. The Morgan fingerprint density at radius 1 is 1.00 bits per heavy atom. The zero-order valence-electron chi connectivity index (χ0n) is 9.09. The summed E-state index contributed by atoms with van der Waals surface area (Å²) in [6.07, 6.45) is 6.00. The van der Waals surface area contributed by atoms with Gasteiger partial charge in [-0.1, -0.05) is 25.7 Å². The summed E-state index contributed by atoms with van der Waals surface area (Å²) in [5, 5.41) is 0. The molecule has 1 aromatic rings. The van der Waals surface area contributed by atoms with E-state index < -0.39 is 10.1 Å². The molecule has 6 heteroatoms. The van der Waals surface area contributed by atoms with Gasteiger partial charge in [-0.05, 0) is 24.3 Å². The number of rotatable bonds is 1. The zero-order chi connectivity index (χ0) is 11.3. The van der Waals surface area contributed by atoms with Crippen LogP contribution in [-0.4, -0.2) is 13.0 Å². The number of nitrogens with two attached hydrogens (primary N) is 1. The van der Waals surface area contributed by atoms with Gasteiger partial charge in [0, 0.05) is 5.69 Å². The van der Waals surface area contributed by atoms with Gasteiger partial charge in [0.25, 0.3) is 10.1 Å². The first-order valence-corrected chi connectivity index (χ1v) is 6.27. The fraction of sp³-hybridized carbons (Fsp3) is 0.400. The van der Waals surface area contributed by atoms with Crippen LogP contribution >= 0.6 is 9.90 Å². The maximum atomic E-state index is 10.5. The molecular formula is C10H18NO3PS. The standard InChI is InChI=1S/C6H7NO3S.C4H8.H3P/c7-5-1-3-6(4-2-5)11(8,9)10;1-2-4-3-1;/h1-4H,7H2,(H,8,9,10);1-4H2;1H3. The molecule has 2 rings (SSSR count). The number of anilines is 1. The number of hydrogen-bond acceptors (Lipinski definition) is 3. The average molecular weight is 263 g/mol. The van der Waals surface area contributed by atoms with Gasteiger partial charge >= 0.3 is 0 Å². The van der Waals surface area contributed by atoms with Gasteiger partial charge in [0.2, 0.25) is 0 Å².